The van der Waals surface area contributed by atoms with Gasteiger partial charge in [-0.3, -0.25) is 0 Å². The van der Waals surface area contributed by atoms with Crippen molar-refractivity contribution in [2.45, 2.75) is 13.3 Å². The van der Waals surface area contributed by atoms with E-state index >= 15 is 0 Å². The zero-order chi connectivity index (χ0) is 13.6. The molecule has 0 saturated carbocycles. The molecule has 0 bridgehead atoms. The van der Waals surface area contributed by atoms with Crippen LogP contribution in [0.1, 0.15) is 18.9 Å². The first-order chi connectivity index (χ1) is 8.50. The largest absolute Gasteiger partial charge is 0.373 e. The van der Waals surface area contributed by atoms with Crippen LogP contribution in [-0.2, 0) is 9.84 Å². The standard InChI is InChI=1S/C13H18N2O2S/c1-3-18(16,17)10-6-9-15(2)13-8-5-4-7-12(13)11-14/h4-5,7-8H,3,6,9-10H2,1-2H3. The Morgan fingerprint density at radius 3 is 2.61 bits per heavy atom. The minimum atomic E-state index is -2.90. The summed E-state index contributed by atoms with van der Waals surface area (Å²) in [5, 5.41) is 8.99. The number of nitriles is 1. The highest BCUT2D eigenvalue weighted by atomic mass is 32.2. The van der Waals surface area contributed by atoms with Gasteiger partial charge in [0.15, 0.2) is 0 Å². The van der Waals surface area contributed by atoms with Crippen molar-refractivity contribution in [1.29, 1.82) is 5.26 Å². The Bertz CT molecular complexity index is 532. The highest BCUT2D eigenvalue weighted by Gasteiger charge is 2.10. The van der Waals surface area contributed by atoms with Crippen molar-refractivity contribution in [2.24, 2.45) is 0 Å². The molecule has 0 heterocycles. The number of para-hydroxylation sites is 1. The summed E-state index contributed by atoms with van der Waals surface area (Å²) in [6, 6.07) is 9.45. The molecule has 4 nitrogen and oxygen atoms in total. The second-order valence-corrected chi connectivity index (χ2v) is 6.61. The van der Waals surface area contributed by atoms with Gasteiger partial charge in [0.1, 0.15) is 15.9 Å². The summed E-state index contributed by atoms with van der Waals surface area (Å²) in [6.45, 7) is 2.28. The van der Waals surface area contributed by atoms with E-state index in [2.05, 4.69) is 6.07 Å². The lowest BCUT2D eigenvalue weighted by Crippen LogP contribution is -2.22. The number of hydrogen-bond donors (Lipinski definition) is 0. The topological polar surface area (TPSA) is 61.2 Å². The van der Waals surface area contributed by atoms with Gasteiger partial charge in [-0.15, -0.1) is 0 Å². The Hall–Kier alpha value is -1.54. The van der Waals surface area contributed by atoms with Crippen molar-refractivity contribution in [3.8, 4) is 6.07 Å². The van der Waals surface area contributed by atoms with Gasteiger partial charge in [-0.1, -0.05) is 19.1 Å². The van der Waals surface area contributed by atoms with Crippen LogP contribution in [0.5, 0.6) is 0 Å². The molecule has 0 aromatic heterocycles. The summed E-state index contributed by atoms with van der Waals surface area (Å²) >= 11 is 0. The minimum Gasteiger partial charge on any atom is -0.373 e. The number of hydrogen-bond acceptors (Lipinski definition) is 4. The van der Waals surface area contributed by atoms with E-state index in [1.807, 2.05) is 30.1 Å². The van der Waals surface area contributed by atoms with Crippen LogP contribution in [0.15, 0.2) is 24.3 Å². The molecule has 0 amide bonds. The van der Waals surface area contributed by atoms with Crippen molar-refractivity contribution < 1.29 is 8.42 Å². The van der Waals surface area contributed by atoms with Crippen molar-refractivity contribution in [3.63, 3.8) is 0 Å². The monoisotopic (exact) mass is 266 g/mol. The molecule has 0 aliphatic heterocycles. The zero-order valence-electron chi connectivity index (χ0n) is 10.8. The van der Waals surface area contributed by atoms with Crippen molar-refractivity contribution in [1.82, 2.24) is 0 Å². The molecule has 0 aliphatic rings. The quantitative estimate of drug-likeness (QED) is 0.788. The molecule has 1 rings (SSSR count). The molecule has 1 aromatic carbocycles. The molecule has 18 heavy (non-hydrogen) atoms. The summed E-state index contributed by atoms with van der Waals surface area (Å²) in [4.78, 5) is 1.92. The molecule has 98 valence electrons. The molecule has 0 atom stereocenters. The second-order valence-electron chi connectivity index (χ2n) is 4.14. The third kappa shape index (κ3) is 4.04. The first kappa shape index (κ1) is 14.5. The zero-order valence-corrected chi connectivity index (χ0v) is 11.6. The predicted molar refractivity (Wildman–Crippen MR) is 73.4 cm³/mol. The predicted octanol–water partition coefficient (Wildman–Crippen LogP) is 1.82. The molecule has 0 aliphatic carbocycles. The fourth-order valence-corrected chi connectivity index (χ4v) is 2.55. The van der Waals surface area contributed by atoms with Gasteiger partial charge in [-0.2, -0.15) is 5.26 Å². The van der Waals surface area contributed by atoms with Crippen LogP contribution in [0.4, 0.5) is 5.69 Å². The van der Waals surface area contributed by atoms with Gasteiger partial charge < -0.3 is 4.90 Å². The molecule has 0 radical (unpaired) electrons. The number of sulfone groups is 1. The maximum Gasteiger partial charge on any atom is 0.150 e. The van der Waals surface area contributed by atoms with Crippen molar-refractivity contribution in [3.05, 3.63) is 29.8 Å². The Kier molecular flexibility index (Phi) is 5.17. The maximum atomic E-state index is 11.4. The Morgan fingerprint density at radius 1 is 1.33 bits per heavy atom. The van der Waals surface area contributed by atoms with Crippen LogP contribution >= 0.6 is 0 Å². The maximum absolute atomic E-state index is 11.4. The molecule has 5 heteroatoms. The van der Waals surface area contributed by atoms with Crippen LogP contribution in [0, 0.1) is 11.3 Å². The summed E-state index contributed by atoms with van der Waals surface area (Å²) in [7, 11) is -1.03. The summed E-state index contributed by atoms with van der Waals surface area (Å²) in [5.74, 6) is 0.383. The van der Waals surface area contributed by atoms with Gasteiger partial charge in [0.05, 0.1) is 17.0 Å². The first-order valence-electron chi connectivity index (χ1n) is 5.91. The molecule has 0 unspecified atom stereocenters. The fourth-order valence-electron chi connectivity index (χ4n) is 1.69. The lowest BCUT2D eigenvalue weighted by Gasteiger charge is -2.20. The third-order valence-corrected chi connectivity index (χ3v) is 4.61. The molecular formula is C13H18N2O2S. The molecule has 0 spiro atoms. The second kappa shape index (κ2) is 6.41. The number of anilines is 1. The van der Waals surface area contributed by atoms with Crippen LogP contribution in [0.25, 0.3) is 0 Å². The average molecular weight is 266 g/mol. The van der Waals surface area contributed by atoms with E-state index in [0.717, 1.165) is 5.69 Å². The van der Waals surface area contributed by atoms with Crippen LogP contribution in [0.3, 0.4) is 0 Å². The van der Waals surface area contributed by atoms with Crippen molar-refractivity contribution in [2.75, 3.05) is 30.0 Å². The van der Waals surface area contributed by atoms with Gasteiger partial charge >= 0.3 is 0 Å². The first-order valence-corrected chi connectivity index (χ1v) is 7.73. The van der Waals surface area contributed by atoms with Gasteiger partial charge in [-0.25, -0.2) is 8.42 Å². The van der Waals surface area contributed by atoms with Crippen LogP contribution < -0.4 is 4.90 Å². The Labute approximate surface area is 109 Å². The summed E-state index contributed by atoms with van der Waals surface area (Å²) in [6.07, 6.45) is 0.576. The number of benzene rings is 1. The smallest absolute Gasteiger partial charge is 0.150 e. The molecule has 0 fully saturated rings. The normalized spacial score (nSPS) is 10.9. The van der Waals surface area contributed by atoms with E-state index in [4.69, 9.17) is 5.26 Å². The summed E-state index contributed by atoms with van der Waals surface area (Å²) in [5.41, 5.74) is 1.45. The van der Waals surface area contributed by atoms with Gasteiger partial charge in [0, 0.05) is 19.3 Å². The SMILES string of the molecule is CCS(=O)(=O)CCCN(C)c1ccccc1C#N. The highest BCUT2D eigenvalue weighted by molar-refractivity contribution is 7.91. The number of rotatable bonds is 6. The lowest BCUT2D eigenvalue weighted by atomic mass is 10.2. The van der Waals surface area contributed by atoms with Crippen LogP contribution in [-0.4, -0.2) is 33.5 Å². The Balaban J connectivity index is 2.62. The molecule has 0 saturated heterocycles. The van der Waals surface area contributed by atoms with E-state index in [1.165, 1.54) is 0 Å². The van der Waals surface area contributed by atoms with E-state index in [1.54, 1.807) is 13.0 Å². The van der Waals surface area contributed by atoms with E-state index in [9.17, 15) is 8.42 Å². The fraction of sp³-hybridized carbons (Fsp3) is 0.462. The van der Waals surface area contributed by atoms with E-state index in [0.29, 0.717) is 18.5 Å². The molecule has 1 aromatic rings. The van der Waals surface area contributed by atoms with Gasteiger partial charge in [0.25, 0.3) is 0 Å². The lowest BCUT2D eigenvalue weighted by molar-refractivity contribution is 0.594. The van der Waals surface area contributed by atoms with Gasteiger partial charge in [0.2, 0.25) is 0 Å². The minimum absolute atomic E-state index is 0.186. The summed E-state index contributed by atoms with van der Waals surface area (Å²) < 4.78 is 22.7. The van der Waals surface area contributed by atoms with E-state index in [-0.39, 0.29) is 11.5 Å². The number of nitrogens with zero attached hydrogens (tertiary/aromatic N) is 2. The molecule has 0 N–H and O–H groups in total. The van der Waals surface area contributed by atoms with Crippen molar-refractivity contribution >= 4 is 15.5 Å². The van der Waals surface area contributed by atoms with Gasteiger partial charge in [-0.05, 0) is 18.6 Å². The third-order valence-electron chi connectivity index (χ3n) is 2.82. The highest BCUT2D eigenvalue weighted by Crippen LogP contribution is 2.18. The van der Waals surface area contributed by atoms with Crippen LogP contribution in [0.2, 0.25) is 0 Å². The molecular weight excluding hydrogens is 248 g/mol. The van der Waals surface area contributed by atoms with E-state index < -0.39 is 9.84 Å². The Morgan fingerprint density at radius 2 is 2.00 bits per heavy atom. The average Bonchev–Trinajstić information content (AvgIpc) is 2.38.